The van der Waals surface area contributed by atoms with Crippen LogP contribution >= 0.6 is 11.6 Å². The number of hydrogen-bond donors (Lipinski definition) is 1. The van der Waals surface area contributed by atoms with Crippen LogP contribution in [0.1, 0.15) is 6.42 Å². The third-order valence-corrected chi connectivity index (χ3v) is 7.23. The first-order valence-electron chi connectivity index (χ1n) is 12.8. The monoisotopic (exact) mass is 528 g/mol. The average molecular weight is 529 g/mol. The van der Waals surface area contributed by atoms with Crippen molar-refractivity contribution in [2.75, 3.05) is 46.6 Å². The van der Waals surface area contributed by atoms with Crippen LogP contribution in [0.5, 0.6) is 11.5 Å². The van der Waals surface area contributed by atoms with Crippen molar-refractivity contribution in [3.05, 3.63) is 72.0 Å². The summed E-state index contributed by atoms with van der Waals surface area (Å²) in [6.07, 6.45) is 2.52. The van der Waals surface area contributed by atoms with Gasteiger partial charge in [-0.3, -0.25) is 4.90 Å². The van der Waals surface area contributed by atoms with Crippen LogP contribution in [0.15, 0.2) is 67.0 Å². The zero-order valence-electron chi connectivity index (χ0n) is 21.2. The first-order valence-corrected chi connectivity index (χ1v) is 13.2. The summed E-state index contributed by atoms with van der Waals surface area (Å²) in [5.41, 5.74) is 5.68. The molecule has 6 rings (SSSR count). The number of nitrogens with one attached hydrogen (secondary N) is 1. The summed E-state index contributed by atoms with van der Waals surface area (Å²) >= 11 is 6.19. The normalized spacial score (nSPS) is 14.3. The third-order valence-electron chi connectivity index (χ3n) is 6.98. The van der Waals surface area contributed by atoms with E-state index in [4.69, 9.17) is 30.8 Å². The van der Waals surface area contributed by atoms with E-state index < -0.39 is 0 Å². The predicted octanol–water partition coefficient (Wildman–Crippen LogP) is 6.21. The molecule has 1 N–H and O–H groups in total. The maximum absolute atomic E-state index is 6.25. The number of halogens is 1. The van der Waals surface area contributed by atoms with Gasteiger partial charge in [0.1, 0.15) is 6.33 Å². The first kappa shape index (κ1) is 24.7. The molecule has 0 saturated carbocycles. The summed E-state index contributed by atoms with van der Waals surface area (Å²) in [4.78, 5) is 15.4. The van der Waals surface area contributed by atoms with Crippen LogP contribution in [0.4, 0.5) is 0 Å². The number of ether oxygens (including phenoxy) is 3. The molecule has 5 aromatic rings. The Kier molecular flexibility index (Phi) is 7.14. The zero-order valence-corrected chi connectivity index (χ0v) is 22.0. The Hall–Kier alpha value is -3.65. The van der Waals surface area contributed by atoms with Gasteiger partial charge in [0.2, 0.25) is 0 Å². The van der Waals surface area contributed by atoms with Crippen molar-refractivity contribution in [3.63, 3.8) is 0 Å². The van der Waals surface area contributed by atoms with Gasteiger partial charge in [0.25, 0.3) is 0 Å². The molecule has 8 heteroatoms. The fraction of sp³-hybridized carbons (Fsp3) is 0.267. The minimum absolute atomic E-state index is 0.589. The van der Waals surface area contributed by atoms with Crippen LogP contribution in [0.3, 0.4) is 0 Å². The van der Waals surface area contributed by atoms with Gasteiger partial charge in [0.05, 0.1) is 43.8 Å². The third kappa shape index (κ3) is 4.92. The van der Waals surface area contributed by atoms with Crippen molar-refractivity contribution in [1.29, 1.82) is 0 Å². The summed E-state index contributed by atoms with van der Waals surface area (Å²) in [5, 5.41) is 2.68. The van der Waals surface area contributed by atoms with Crippen molar-refractivity contribution in [1.82, 2.24) is 19.9 Å². The van der Waals surface area contributed by atoms with Crippen LogP contribution in [0, 0.1) is 0 Å². The number of hydrogen-bond acceptors (Lipinski definition) is 6. The van der Waals surface area contributed by atoms with E-state index in [-0.39, 0.29) is 0 Å². The molecular formula is C30H29ClN4O3. The Morgan fingerprint density at radius 2 is 1.79 bits per heavy atom. The Morgan fingerprint density at radius 1 is 0.974 bits per heavy atom. The molecule has 0 amide bonds. The molecule has 0 bridgehead atoms. The molecule has 0 unspecified atom stereocenters. The van der Waals surface area contributed by atoms with Crippen molar-refractivity contribution in [2.24, 2.45) is 0 Å². The van der Waals surface area contributed by atoms with Gasteiger partial charge in [-0.2, -0.15) is 0 Å². The summed E-state index contributed by atoms with van der Waals surface area (Å²) in [7, 11) is 1.65. The van der Waals surface area contributed by atoms with Gasteiger partial charge in [0.15, 0.2) is 11.5 Å². The van der Waals surface area contributed by atoms with Crippen LogP contribution in [0.2, 0.25) is 5.02 Å². The lowest BCUT2D eigenvalue weighted by Gasteiger charge is -2.26. The minimum Gasteiger partial charge on any atom is -0.493 e. The van der Waals surface area contributed by atoms with E-state index >= 15 is 0 Å². The van der Waals surface area contributed by atoms with E-state index in [1.54, 1.807) is 13.4 Å². The molecule has 38 heavy (non-hydrogen) atoms. The topological polar surface area (TPSA) is 72.5 Å². The molecular weight excluding hydrogens is 500 g/mol. The van der Waals surface area contributed by atoms with Gasteiger partial charge in [0, 0.05) is 52.6 Å². The van der Waals surface area contributed by atoms with Gasteiger partial charge >= 0.3 is 0 Å². The second kappa shape index (κ2) is 11.0. The number of nitrogens with zero attached hydrogens (tertiary/aromatic N) is 3. The molecule has 0 aliphatic carbocycles. The van der Waals surface area contributed by atoms with E-state index in [1.807, 2.05) is 48.5 Å². The van der Waals surface area contributed by atoms with Gasteiger partial charge in [-0.25, -0.2) is 9.97 Å². The summed E-state index contributed by atoms with van der Waals surface area (Å²) in [5.74, 6) is 1.34. The Morgan fingerprint density at radius 3 is 2.61 bits per heavy atom. The molecule has 7 nitrogen and oxygen atoms in total. The number of rotatable bonds is 8. The van der Waals surface area contributed by atoms with Crippen LogP contribution in [-0.2, 0) is 4.74 Å². The molecule has 3 heterocycles. The number of fused-ring (bicyclic) bond motifs is 2. The fourth-order valence-electron chi connectivity index (χ4n) is 5.05. The van der Waals surface area contributed by atoms with Crippen molar-refractivity contribution < 1.29 is 14.2 Å². The summed E-state index contributed by atoms with van der Waals surface area (Å²) in [6.45, 7) is 5.11. The Bertz CT molecular complexity index is 1560. The van der Waals surface area contributed by atoms with E-state index in [1.165, 1.54) is 0 Å². The van der Waals surface area contributed by atoms with Crippen molar-refractivity contribution >= 4 is 33.4 Å². The molecule has 1 fully saturated rings. The molecule has 0 radical (unpaired) electrons. The standard InChI is InChI=1S/C30H29ClN4O3/c1-36-26-18-25-23(17-27(26)38-14-4-11-35-12-15-37-16-13-35)30(33-19-32-25)28-22-5-2-3-6-24(22)34-29(28)20-7-9-21(31)10-8-20/h2-3,5-10,17-19,34H,4,11-16H2,1H3. The molecule has 2 aromatic heterocycles. The lowest BCUT2D eigenvalue weighted by atomic mass is 9.99. The number of para-hydroxylation sites is 1. The molecule has 1 aliphatic rings. The van der Waals surface area contributed by atoms with Crippen molar-refractivity contribution in [2.45, 2.75) is 6.42 Å². The summed E-state index contributed by atoms with van der Waals surface area (Å²) in [6, 6.07) is 20.0. The number of methoxy groups -OCH3 is 1. The van der Waals surface area contributed by atoms with Gasteiger partial charge in [-0.05, 0) is 36.2 Å². The summed E-state index contributed by atoms with van der Waals surface area (Å²) < 4.78 is 17.4. The Labute approximate surface area is 226 Å². The van der Waals surface area contributed by atoms with E-state index in [0.29, 0.717) is 23.1 Å². The number of benzene rings is 3. The van der Waals surface area contributed by atoms with Crippen LogP contribution in [-0.4, -0.2) is 66.4 Å². The van der Waals surface area contributed by atoms with Crippen molar-refractivity contribution in [3.8, 4) is 34.0 Å². The van der Waals surface area contributed by atoms with E-state index in [0.717, 1.165) is 83.6 Å². The zero-order chi connectivity index (χ0) is 25.9. The second-order valence-corrected chi connectivity index (χ2v) is 9.76. The molecule has 1 aliphatic heterocycles. The lowest BCUT2D eigenvalue weighted by molar-refractivity contribution is 0.0357. The first-order chi connectivity index (χ1) is 18.7. The second-order valence-electron chi connectivity index (χ2n) is 9.33. The molecule has 3 aromatic carbocycles. The SMILES string of the molecule is COc1cc2ncnc(-c3c(-c4ccc(Cl)cc4)[nH]c4ccccc34)c2cc1OCCCN1CCOCC1. The molecule has 0 spiro atoms. The largest absolute Gasteiger partial charge is 0.493 e. The highest BCUT2D eigenvalue weighted by atomic mass is 35.5. The lowest BCUT2D eigenvalue weighted by Crippen LogP contribution is -2.37. The van der Waals surface area contributed by atoms with Crippen LogP contribution < -0.4 is 9.47 Å². The van der Waals surface area contributed by atoms with E-state index in [9.17, 15) is 0 Å². The highest BCUT2D eigenvalue weighted by Crippen LogP contribution is 2.42. The number of H-pyrrole nitrogens is 1. The van der Waals surface area contributed by atoms with Crippen LogP contribution in [0.25, 0.3) is 44.3 Å². The molecule has 194 valence electrons. The maximum atomic E-state index is 6.25. The quantitative estimate of drug-likeness (QED) is 0.241. The maximum Gasteiger partial charge on any atom is 0.162 e. The number of morpholine rings is 1. The van der Waals surface area contributed by atoms with Gasteiger partial charge in [-0.15, -0.1) is 0 Å². The minimum atomic E-state index is 0.589. The predicted molar refractivity (Wildman–Crippen MR) is 151 cm³/mol. The highest BCUT2D eigenvalue weighted by Gasteiger charge is 2.20. The number of aromatic amines is 1. The fourth-order valence-corrected chi connectivity index (χ4v) is 5.18. The van der Waals surface area contributed by atoms with Gasteiger partial charge in [-0.1, -0.05) is 41.9 Å². The number of aromatic nitrogens is 3. The molecule has 1 saturated heterocycles. The smallest absolute Gasteiger partial charge is 0.162 e. The average Bonchev–Trinajstić information content (AvgIpc) is 3.35. The molecule has 0 atom stereocenters. The van der Waals surface area contributed by atoms with Gasteiger partial charge < -0.3 is 19.2 Å². The highest BCUT2D eigenvalue weighted by molar-refractivity contribution is 6.30. The Balaban J connectivity index is 1.40. The van der Waals surface area contributed by atoms with E-state index in [2.05, 4.69) is 27.0 Å².